The van der Waals surface area contributed by atoms with Crippen molar-refractivity contribution in [2.75, 3.05) is 6.54 Å². The van der Waals surface area contributed by atoms with Gasteiger partial charge in [-0.25, -0.2) is 4.98 Å². The van der Waals surface area contributed by atoms with Crippen LogP contribution in [0.15, 0.2) is 47.5 Å². The topological polar surface area (TPSA) is 53.1 Å². The third-order valence-electron chi connectivity index (χ3n) is 5.98. The van der Waals surface area contributed by atoms with Gasteiger partial charge in [-0.3, -0.25) is 4.99 Å². The summed E-state index contributed by atoms with van der Waals surface area (Å²) in [7, 11) is 0. The average molecular weight is 435 g/mol. The summed E-state index contributed by atoms with van der Waals surface area (Å²) >= 11 is 0. The molecule has 2 aliphatic rings. The van der Waals surface area contributed by atoms with Crippen LogP contribution in [0.5, 0.6) is 0 Å². The predicted molar refractivity (Wildman–Crippen MR) is 114 cm³/mol. The van der Waals surface area contributed by atoms with Crippen molar-refractivity contribution in [1.29, 1.82) is 0 Å². The van der Waals surface area contributed by atoms with E-state index in [4.69, 9.17) is 0 Å². The highest BCUT2D eigenvalue weighted by molar-refractivity contribution is 6.00. The number of aromatic nitrogens is 2. The number of imidazole rings is 1. The fourth-order valence-electron chi connectivity index (χ4n) is 4.48. The fraction of sp³-hybridized carbons (Fsp3) is 0.364. The molecule has 4 nitrogen and oxygen atoms in total. The van der Waals surface area contributed by atoms with Gasteiger partial charge in [-0.2, -0.15) is 13.2 Å². The molecule has 1 aliphatic carbocycles. The highest BCUT2D eigenvalue weighted by Gasteiger charge is 2.37. The molecule has 1 aliphatic heterocycles. The number of amidine groups is 1. The normalized spacial score (nSPS) is 18.2. The summed E-state index contributed by atoms with van der Waals surface area (Å²) in [5, 5.41) is 3.57. The average Bonchev–Trinajstić information content (AvgIpc) is 3.32. The number of rotatable bonds is 2. The number of benzene rings is 2. The molecule has 8 heteroatoms. The summed E-state index contributed by atoms with van der Waals surface area (Å²) in [5.74, 6) is 1.39. The standard InChI is InChI=1S/C22H21F3N4.ClH/c23-22(24,25)16-7-3-2-6-15(16)14-8-9-17-18(12-14)28-20(27-17)19-26-13-21(29-19)10-4-1-5-11-21;/h2-3,6-9,12H,1,4-5,10-11,13H2,(H,26,29)(H,27,28);1H. The highest BCUT2D eigenvalue weighted by atomic mass is 35.5. The fourth-order valence-corrected chi connectivity index (χ4v) is 4.48. The van der Waals surface area contributed by atoms with Gasteiger partial charge in [0.25, 0.3) is 0 Å². The van der Waals surface area contributed by atoms with E-state index in [2.05, 4.69) is 20.3 Å². The molecule has 5 rings (SSSR count). The van der Waals surface area contributed by atoms with Crippen molar-refractivity contribution in [2.45, 2.75) is 43.8 Å². The van der Waals surface area contributed by atoms with E-state index in [0.717, 1.165) is 31.3 Å². The molecule has 0 saturated heterocycles. The van der Waals surface area contributed by atoms with E-state index in [1.807, 2.05) is 0 Å². The van der Waals surface area contributed by atoms with Crippen molar-refractivity contribution in [1.82, 2.24) is 15.3 Å². The van der Waals surface area contributed by atoms with Crippen LogP contribution in [0, 0.1) is 0 Å². The first-order valence-corrected chi connectivity index (χ1v) is 9.93. The number of hydrogen-bond acceptors (Lipinski definition) is 3. The molecule has 0 atom stereocenters. The lowest BCUT2D eigenvalue weighted by atomic mass is 9.82. The molecular formula is C22H22ClF3N4. The summed E-state index contributed by atoms with van der Waals surface area (Å²) in [6.45, 7) is 0.754. The van der Waals surface area contributed by atoms with Crippen LogP contribution in [0.3, 0.4) is 0 Å². The van der Waals surface area contributed by atoms with Gasteiger partial charge in [-0.05, 0) is 42.2 Å². The first kappa shape index (κ1) is 20.7. The number of fused-ring (bicyclic) bond motifs is 1. The van der Waals surface area contributed by atoms with Crippen molar-refractivity contribution in [3.05, 3.63) is 53.9 Å². The Balaban J connectivity index is 0.00000218. The number of nitrogens with one attached hydrogen (secondary N) is 2. The number of hydrogen-bond donors (Lipinski definition) is 2. The van der Waals surface area contributed by atoms with E-state index >= 15 is 0 Å². The van der Waals surface area contributed by atoms with Gasteiger partial charge in [0.05, 0.1) is 28.7 Å². The van der Waals surface area contributed by atoms with Gasteiger partial charge in [0.1, 0.15) is 0 Å². The Bertz CT molecular complexity index is 1100. The number of aromatic amines is 1. The van der Waals surface area contributed by atoms with E-state index in [1.165, 1.54) is 31.4 Å². The summed E-state index contributed by atoms with van der Waals surface area (Å²) in [4.78, 5) is 12.5. The van der Waals surface area contributed by atoms with Crippen molar-refractivity contribution >= 4 is 29.3 Å². The molecule has 0 amide bonds. The lowest BCUT2D eigenvalue weighted by Gasteiger charge is -2.33. The first-order valence-electron chi connectivity index (χ1n) is 9.93. The molecule has 3 aromatic rings. The maximum atomic E-state index is 13.4. The minimum absolute atomic E-state index is 0. The van der Waals surface area contributed by atoms with E-state index in [-0.39, 0.29) is 23.5 Å². The summed E-state index contributed by atoms with van der Waals surface area (Å²) in [6, 6.07) is 10.8. The molecule has 0 radical (unpaired) electrons. The van der Waals surface area contributed by atoms with E-state index < -0.39 is 11.7 Å². The molecule has 2 N–H and O–H groups in total. The molecule has 2 heterocycles. The van der Waals surface area contributed by atoms with Crippen LogP contribution in [0.25, 0.3) is 22.2 Å². The summed E-state index contributed by atoms with van der Waals surface area (Å²) < 4.78 is 40.2. The Labute approximate surface area is 178 Å². The zero-order valence-corrected chi connectivity index (χ0v) is 17.0. The van der Waals surface area contributed by atoms with Gasteiger partial charge in [0, 0.05) is 0 Å². The van der Waals surface area contributed by atoms with Gasteiger partial charge in [-0.15, -0.1) is 12.4 Å². The number of alkyl halides is 3. The Morgan fingerprint density at radius 2 is 1.73 bits per heavy atom. The Hall–Kier alpha value is -2.54. The van der Waals surface area contributed by atoms with Crippen molar-refractivity contribution in [3.63, 3.8) is 0 Å². The third-order valence-corrected chi connectivity index (χ3v) is 5.98. The molecule has 1 fully saturated rings. The van der Waals surface area contributed by atoms with Crippen LogP contribution in [-0.2, 0) is 6.18 Å². The van der Waals surface area contributed by atoms with Crippen LogP contribution < -0.4 is 5.32 Å². The maximum absolute atomic E-state index is 13.4. The molecule has 0 bridgehead atoms. The van der Waals surface area contributed by atoms with Gasteiger partial charge in [0.2, 0.25) is 0 Å². The van der Waals surface area contributed by atoms with Crippen LogP contribution in [0.2, 0.25) is 0 Å². The predicted octanol–water partition coefficient (Wildman–Crippen LogP) is 5.72. The van der Waals surface area contributed by atoms with Gasteiger partial charge in [0.15, 0.2) is 11.7 Å². The lowest BCUT2D eigenvalue weighted by molar-refractivity contribution is -0.137. The SMILES string of the molecule is Cl.FC(F)(F)c1ccccc1-c1ccc2nc(C3=NCC4(CCCCC4)N3)[nH]c2c1. The smallest absolute Gasteiger partial charge is 0.360 e. The monoisotopic (exact) mass is 434 g/mol. The minimum Gasteiger partial charge on any atom is -0.360 e. The zero-order chi connectivity index (χ0) is 20.1. The second kappa shape index (κ2) is 7.61. The van der Waals surface area contributed by atoms with Crippen molar-refractivity contribution < 1.29 is 13.2 Å². The van der Waals surface area contributed by atoms with Gasteiger partial charge >= 0.3 is 6.18 Å². The molecule has 1 spiro atoms. The van der Waals surface area contributed by atoms with Gasteiger partial charge in [-0.1, -0.05) is 43.5 Å². The first-order chi connectivity index (χ1) is 13.9. The van der Waals surface area contributed by atoms with E-state index in [0.29, 0.717) is 22.4 Å². The number of halogens is 4. The third kappa shape index (κ3) is 3.67. The Kier molecular flexibility index (Phi) is 5.26. The quantitative estimate of drug-likeness (QED) is 0.541. The van der Waals surface area contributed by atoms with Crippen molar-refractivity contribution in [3.8, 4) is 11.1 Å². The largest absolute Gasteiger partial charge is 0.417 e. The highest BCUT2D eigenvalue weighted by Crippen LogP contribution is 2.37. The minimum atomic E-state index is -4.40. The van der Waals surface area contributed by atoms with Crippen molar-refractivity contribution in [2.24, 2.45) is 4.99 Å². The molecule has 1 saturated carbocycles. The molecule has 158 valence electrons. The Morgan fingerprint density at radius 3 is 2.50 bits per heavy atom. The Morgan fingerprint density at radius 1 is 0.967 bits per heavy atom. The second-order valence-corrected chi connectivity index (χ2v) is 7.99. The van der Waals surface area contributed by atoms with Crippen LogP contribution in [0.1, 0.15) is 43.5 Å². The summed E-state index contributed by atoms with van der Waals surface area (Å²) in [6.07, 6.45) is 1.50. The lowest BCUT2D eigenvalue weighted by Crippen LogP contribution is -2.47. The zero-order valence-electron chi connectivity index (χ0n) is 16.2. The van der Waals surface area contributed by atoms with Crippen LogP contribution >= 0.6 is 12.4 Å². The molecule has 1 aromatic heterocycles. The number of H-pyrrole nitrogens is 1. The number of aliphatic imine (C=N–C) groups is 1. The summed E-state index contributed by atoms with van der Waals surface area (Å²) in [5.41, 5.74) is 1.48. The van der Waals surface area contributed by atoms with Crippen LogP contribution in [0.4, 0.5) is 13.2 Å². The van der Waals surface area contributed by atoms with E-state index in [1.54, 1.807) is 24.3 Å². The molecule has 0 unspecified atom stereocenters. The van der Waals surface area contributed by atoms with Gasteiger partial charge < -0.3 is 10.3 Å². The van der Waals surface area contributed by atoms with Crippen LogP contribution in [-0.4, -0.2) is 27.9 Å². The molecular weight excluding hydrogens is 413 g/mol. The second-order valence-electron chi connectivity index (χ2n) is 7.99. The molecule has 2 aromatic carbocycles. The van der Waals surface area contributed by atoms with E-state index in [9.17, 15) is 13.2 Å². The number of nitrogens with zero attached hydrogens (tertiary/aromatic N) is 2. The molecule has 30 heavy (non-hydrogen) atoms. The maximum Gasteiger partial charge on any atom is 0.417 e.